The topological polar surface area (TPSA) is 95.8 Å². The van der Waals surface area contributed by atoms with E-state index in [0.717, 1.165) is 19.3 Å². The van der Waals surface area contributed by atoms with E-state index in [1.807, 2.05) is 0 Å². The van der Waals surface area contributed by atoms with Crippen molar-refractivity contribution < 1.29 is 16.1 Å². The lowest BCUT2D eigenvalue weighted by Gasteiger charge is -2.28. The molecule has 0 spiro atoms. The summed E-state index contributed by atoms with van der Waals surface area (Å²) in [6.45, 7) is 3.48. The van der Waals surface area contributed by atoms with Crippen LogP contribution < -0.4 is 5.32 Å². The molecular weight excluding hydrogens is 268 g/mol. The molecule has 0 rings (SSSR count). The van der Waals surface area contributed by atoms with Crippen molar-refractivity contribution in [2.24, 2.45) is 4.58 Å². The molecule has 0 aliphatic heterocycles. The maximum atomic E-state index is 11.7. The number of amides is 1. The molecule has 0 aliphatic rings. The number of nitrogens with zero attached hydrogens (tertiary/aromatic N) is 1. The summed E-state index contributed by atoms with van der Waals surface area (Å²) in [6.07, 6.45) is 3.47. The van der Waals surface area contributed by atoms with Gasteiger partial charge in [0.1, 0.15) is 6.04 Å². The van der Waals surface area contributed by atoms with E-state index in [0.29, 0.717) is 25.3 Å². The Morgan fingerprint density at radius 1 is 1.42 bits per heavy atom. The fraction of sp³-hybridized carbons (Fsp3) is 0.833. The maximum Gasteiger partial charge on any atom is 0.327 e. The molecule has 0 fully saturated rings. The van der Waals surface area contributed by atoms with Crippen LogP contribution in [0.15, 0.2) is 4.58 Å². The largest absolute Gasteiger partial charge is 0.480 e. The maximum absolute atomic E-state index is 11.7. The first-order chi connectivity index (χ1) is 9.35. The van der Waals surface area contributed by atoms with Crippen molar-refractivity contribution in [1.29, 1.82) is 0 Å². The molecule has 0 saturated carbocycles. The zero-order valence-electron chi connectivity index (χ0n) is 12.3. The number of nitrogens with one attached hydrogen (secondary N) is 1. The molecule has 0 unspecified atom stereocenters. The summed E-state index contributed by atoms with van der Waals surface area (Å²) in [5, 5.41) is 11.6. The van der Waals surface area contributed by atoms with Gasteiger partial charge in [0.2, 0.25) is 5.91 Å². The van der Waals surface area contributed by atoms with Crippen molar-refractivity contribution in [1.82, 2.24) is 5.32 Å². The van der Waals surface area contributed by atoms with E-state index in [9.17, 15) is 14.5 Å². The minimum atomic E-state index is -1.19. The lowest BCUT2D eigenvalue weighted by atomic mass is 10.0. The van der Waals surface area contributed by atoms with Gasteiger partial charge in [-0.3, -0.25) is 4.79 Å². The lowest BCUT2D eigenvalue weighted by molar-refractivity contribution is -0.142. The SMILES string of the molecule is [2H]CCCCCCC(=O)N[C@H](C(=O)O)C(C)(C)SN=O. The second-order valence-corrected chi connectivity index (χ2v) is 6.16. The van der Waals surface area contributed by atoms with Crippen LogP contribution in [0.25, 0.3) is 0 Å². The highest BCUT2D eigenvalue weighted by atomic mass is 32.2. The minimum absolute atomic E-state index is 0.247. The summed E-state index contributed by atoms with van der Waals surface area (Å²) in [7, 11) is 0. The van der Waals surface area contributed by atoms with E-state index in [2.05, 4.69) is 9.90 Å². The highest BCUT2D eigenvalue weighted by molar-refractivity contribution is 7.99. The van der Waals surface area contributed by atoms with Gasteiger partial charge in [-0.1, -0.05) is 26.2 Å². The number of carboxylic acids is 1. The van der Waals surface area contributed by atoms with Crippen molar-refractivity contribution in [2.75, 3.05) is 0 Å². The highest BCUT2D eigenvalue weighted by Crippen LogP contribution is 2.29. The van der Waals surface area contributed by atoms with Crippen LogP contribution in [0.5, 0.6) is 0 Å². The third-order valence-corrected chi connectivity index (χ3v) is 3.45. The molecule has 0 bridgehead atoms. The molecule has 19 heavy (non-hydrogen) atoms. The molecule has 0 aliphatic carbocycles. The smallest absolute Gasteiger partial charge is 0.327 e. The first kappa shape index (κ1) is 15.9. The Labute approximate surface area is 119 Å². The Morgan fingerprint density at radius 2 is 2.11 bits per heavy atom. The van der Waals surface area contributed by atoms with E-state index in [1.54, 1.807) is 13.8 Å². The molecule has 0 saturated heterocycles. The van der Waals surface area contributed by atoms with Crippen LogP contribution in [-0.2, 0) is 9.59 Å². The third kappa shape index (κ3) is 7.15. The molecule has 0 aromatic carbocycles. The summed E-state index contributed by atoms with van der Waals surface area (Å²) in [5.74, 6) is -1.53. The Balaban J connectivity index is 4.28. The first-order valence-electron chi connectivity index (χ1n) is 6.88. The molecule has 6 nitrogen and oxygen atoms in total. The average molecular weight is 291 g/mol. The molecule has 110 valence electrons. The van der Waals surface area contributed by atoms with Crippen molar-refractivity contribution in [3.8, 4) is 0 Å². The minimum Gasteiger partial charge on any atom is -0.480 e. The van der Waals surface area contributed by atoms with Crippen LogP contribution in [0.1, 0.15) is 54.2 Å². The fourth-order valence-corrected chi connectivity index (χ4v) is 2.01. The van der Waals surface area contributed by atoms with Gasteiger partial charge in [-0.25, -0.2) is 4.79 Å². The number of aliphatic carboxylic acids is 1. The highest BCUT2D eigenvalue weighted by Gasteiger charge is 2.38. The number of unbranched alkanes of at least 4 members (excludes halogenated alkanes) is 3. The van der Waals surface area contributed by atoms with Gasteiger partial charge in [-0.2, -0.15) is 0 Å². The molecule has 0 heterocycles. The molecule has 0 aromatic rings. The van der Waals surface area contributed by atoms with Crippen LogP contribution >= 0.6 is 11.9 Å². The Hall–Kier alpha value is -1.11. The van der Waals surface area contributed by atoms with Crippen LogP contribution in [-0.4, -0.2) is 27.8 Å². The molecular formula is C12H22N2O4S. The quantitative estimate of drug-likeness (QED) is 0.366. The molecule has 7 heteroatoms. The van der Waals surface area contributed by atoms with Gasteiger partial charge < -0.3 is 10.4 Å². The number of hydrogen-bond donors (Lipinski definition) is 2. The Bertz CT molecular complexity index is 339. The van der Waals surface area contributed by atoms with Crippen LogP contribution in [0, 0.1) is 4.91 Å². The molecule has 0 radical (unpaired) electrons. The number of nitroso groups, excluding NO2 is 1. The van der Waals surface area contributed by atoms with Gasteiger partial charge in [0.05, 0.1) is 4.75 Å². The van der Waals surface area contributed by atoms with Crippen LogP contribution in [0.4, 0.5) is 0 Å². The molecule has 0 aromatic heterocycles. The zero-order valence-corrected chi connectivity index (χ0v) is 12.2. The van der Waals surface area contributed by atoms with Crippen molar-refractivity contribution in [2.45, 2.75) is 63.6 Å². The van der Waals surface area contributed by atoms with Gasteiger partial charge in [-0.15, -0.1) is 4.91 Å². The monoisotopic (exact) mass is 291 g/mol. The van der Waals surface area contributed by atoms with Gasteiger partial charge in [0.25, 0.3) is 0 Å². The Morgan fingerprint density at radius 3 is 2.63 bits per heavy atom. The fourth-order valence-electron chi connectivity index (χ4n) is 1.55. The van der Waals surface area contributed by atoms with Crippen molar-refractivity contribution in [3.05, 3.63) is 4.91 Å². The number of rotatable bonds is 10. The second kappa shape index (κ2) is 8.90. The van der Waals surface area contributed by atoms with E-state index in [1.165, 1.54) is 0 Å². The lowest BCUT2D eigenvalue weighted by Crippen LogP contribution is -2.52. The number of carbonyl (C=O) groups is 2. The van der Waals surface area contributed by atoms with Gasteiger partial charge in [0.15, 0.2) is 0 Å². The summed E-state index contributed by atoms with van der Waals surface area (Å²) in [4.78, 5) is 33.2. The zero-order chi connectivity index (χ0) is 15.6. The van der Waals surface area contributed by atoms with Gasteiger partial charge in [-0.05, 0) is 20.3 Å². The number of carboxylic acid groups (broad SMARTS) is 1. The number of hydrogen-bond acceptors (Lipinski definition) is 5. The van der Waals surface area contributed by atoms with E-state index in [4.69, 9.17) is 6.48 Å². The predicted octanol–water partition coefficient (Wildman–Crippen LogP) is 2.72. The summed E-state index contributed by atoms with van der Waals surface area (Å²) < 4.78 is 8.63. The molecule has 1 amide bonds. The summed E-state index contributed by atoms with van der Waals surface area (Å²) >= 11 is 0.600. The third-order valence-electron chi connectivity index (χ3n) is 2.67. The summed E-state index contributed by atoms with van der Waals surface area (Å²) in [5.41, 5.74) is 0. The van der Waals surface area contributed by atoms with E-state index in [-0.39, 0.29) is 12.3 Å². The number of carbonyl (C=O) groups excluding carboxylic acids is 1. The van der Waals surface area contributed by atoms with Gasteiger partial charge in [0, 0.05) is 24.3 Å². The Kier molecular flexibility index (Phi) is 7.47. The van der Waals surface area contributed by atoms with E-state index < -0.39 is 16.8 Å². The van der Waals surface area contributed by atoms with E-state index >= 15 is 0 Å². The van der Waals surface area contributed by atoms with Crippen molar-refractivity contribution in [3.63, 3.8) is 0 Å². The first-order valence-corrected chi connectivity index (χ1v) is 6.94. The van der Waals surface area contributed by atoms with Crippen molar-refractivity contribution >= 4 is 23.8 Å². The predicted molar refractivity (Wildman–Crippen MR) is 75.8 cm³/mol. The second-order valence-electron chi connectivity index (χ2n) is 4.77. The normalized spacial score (nSPS) is 13.5. The average Bonchev–Trinajstić information content (AvgIpc) is 2.35. The van der Waals surface area contributed by atoms with Crippen LogP contribution in [0.2, 0.25) is 0 Å². The van der Waals surface area contributed by atoms with Crippen LogP contribution in [0.3, 0.4) is 0 Å². The summed E-state index contributed by atoms with van der Waals surface area (Å²) in [6, 6.07) is -1.16. The standard InChI is InChI=1S/C12H22N2O4S/c1-4-5-6-7-8-9(15)13-10(11(16)17)12(2,3)19-14-18/h10H,4-8H2,1-3H3,(H,13,15)(H,16,17)/t10-/m1/s1/i1D. The van der Waals surface area contributed by atoms with Gasteiger partial charge >= 0.3 is 5.97 Å². The molecule has 1 atom stereocenters. The molecule has 2 N–H and O–H groups in total.